The molecule has 0 aromatic heterocycles. The number of hydrogen-bond donors (Lipinski definition) is 0. The van der Waals surface area contributed by atoms with Gasteiger partial charge in [-0.05, 0) is 19.7 Å². The van der Waals surface area contributed by atoms with Crippen LogP contribution in [0.4, 0.5) is 0 Å². The molecule has 0 atom stereocenters. The molecule has 0 unspecified atom stereocenters. The van der Waals surface area contributed by atoms with Crippen molar-refractivity contribution in [2.24, 2.45) is 0 Å². The molecule has 7 heteroatoms. The minimum absolute atomic E-state index is 0. The predicted molar refractivity (Wildman–Crippen MR) is 45.9 cm³/mol. The molecule has 0 aromatic carbocycles. The van der Waals surface area contributed by atoms with Crippen LogP contribution < -0.4 is 34.7 Å². The molecule has 1 fully saturated rings. The maximum absolute atomic E-state index is 10.0. The van der Waals surface area contributed by atoms with Gasteiger partial charge in [0.25, 0.3) is 0 Å². The van der Waals surface area contributed by atoms with Gasteiger partial charge in [-0.15, -0.1) is 0 Å². The molecule has 0 amide bonds. The van der Waals surface area contributed by atoms with Gasteiger partial charge in [0.05, 0.1) is 5.97 Å². The van der Waals surface area contributed by atoms with Gasteiger partial charge in [-0.2, -0.15) is 0 Å². The first-order valence-electron chi connectivity index (χ1n) is 1.67. The molecule has 1 saturated heterocycles. The van der Waals surface area contributed by atoms with Crippen LogP contribution >= 0.6 is 41.2 Å². The number of rotatable bonds is 1. The zero-order valence-electron chi connectivity index (χ0n) is 4.53. The van der Waals surface area contributed by atoms with Gasteiger partial charge in [-0.25, -0.2) is 0 Å². The minimum atomic E-state index is -0.975. The molecule has 10 heavy (non-hydrogen) atoms. The normalized spacial score (nSPS) is 17.2. The molecular weight excluding hydrogens is 219 g/mol. The van der Waals surface area contributed by atoms with Crippen LogP contribution in [0.1, 0.15) is 7.43 Å². The largest absolute Gasteiger partial charge is 1.00 e. The zero-order valence-corrected chi connectivity index (χ0v) is 9.79. The molecule has 0 aliphatic carbocycles. The van der Waals surface area contributed by atoms with E-state index in [2.05, 4.69) is 0 Å². The van der Waals surface area contributed by atoms with Crippen LogP contribution in [0.3, 0.4) is 0 Å². The van der Waals surface area contributed by atoms with Crippen LogP contribution in [0.2, 0.25) is 0 Å². The molecule has 1 aliphatic heterocycles. The molecule has 54 valence electrons. The van der Waals surface area contributed by atoms with Crippen LogP contribution in [0.5, 0.6) is 0 Å². The fraction of sp³-hybridized carbons (Fsp3) is 0.667. The molecule has 0 saturated carbocycles. The van der Waals surface area contributed by atoms with E-state index in [9.17, 15) is 9.90 Å². The van der Waals surface area contributed by atoms with E-state index < -0.39 is 5.97 Å². The number of carbonyl (C=O) groups is 1. The Balaban J connectivity index is 0. The van der Waals surface area contributed by atoms with Gasteiger partial charge in [-0.1, -0.05) is 29.0 Å². The average Bonchev–Trinajstić information content (AvgIpc) is 2.12. The summed E-state index contributed by atoms with van der Waals surface area (Å²) in [7, 11) is 5.63. The van der Waals surface area contributed by atoms with Crippen molar-refractivity contribution in [2.75, 3.05) is 0 Å². The van der Waals surface area contributed by atoms with E-state index >= 15 is 0 Å². The van der Waals surface area contributed by atoms with E-state index in [4.69, 9.17) is 0 Å². The molecule has 0 bridgehead atoms. The van der Waals surface area contributed by atoms with Gasteiger partial charge in [0.2, 0.25) is 0 Å². The summed E-state index contributed by atoms with van der Waals surface area (Å²) in [5.74, 6) is -0.975. The van der Waals surface area contributed by atoms with Crippen molar-refractivity contribution in [1.82, 2.24) is 0 Å². The average molecular weight is 224 g/mol. The third kappa shape index (κ3) is 4.69. The summed E-state index contributed by atoms with van der Waals surface area (Å²) < 4.78 is -0.370. The van der Waals surface area contributed by atoms with Gasteiger partial charge >= 0.3 is 29.6 Å². The molecule has 1 aliphatic rings. The second kappa shape index (κ2) is 7.52. The van der Waals surface area contributed by atoms with Crippen LogP contribution in [0.25, 0.3) is 0 Å². The van der Waals surface area contributed by atoms with Crippen LogP contribution in [0.15, 0.2) is 0 Å². The first-order valence-corrected chi connectivity index (χ1v) is 6.61. The molecule has 0 N–H and O–H groups in total. The second-order valence-electron chi connectivity index (χ2n) is 0.979. The Morgan fingerprint density at radius 1 is 1.30 bits per heavy atom. The zero-order chi connectivity index (χ0) is 5.98. The Morgan fingerprint density at radius 2 is 1.70 bits per heavy atom. The maximum atomic E-state index is 10.0. The minimum Gasteiger partial charge on any atom is -0.548 e. The fourth-order valence-corrected chi connectivity index (χ4v) is 8.26. The number of carboxylic acids is 1. The summed E-state index contributed by atoms with van der Waals surface area (Å²) in [5.41, 5.74) is 0. The first-order chi connectivity index (χ1) is 3.80. The van der Waals surface area contributed by atoms with Crippen LogP contribution in [-0.2, 0) is 4.79 Å². The summed E-state index contributed by atoms with van der Waals surface area (Å²) in [5, 5.41) is 10.0. The van der Waals surface area contributed by atoms with Crippen molar-refractivity contribution in [3.05, 3.63) is 0 Å². The van der Waals surface area contributed by atoms with E-state index in [0.29, 0.717) is 0 Å². The van der Waals surface area contributed by atoms with Gasteiger partial charge in [0, 0.05) is 0 Å². The summed E-state index contributed by atoms with van der Waals surface area (Å²) in [6, 6.07) is 0. The molecule has 1 rings (SSSR count). The SMILES string of the molecule is C.O=C([O-])C1SSSS1.[Na+]. The van der Waals surface area contributed by atoms with Gasteiger partial charge < -0.3 is 9.90 Å². The van der Waals surface area contributed by atoms with Crippen molar-refractivity contribution < 1.29 is 39.5 Å². The van der Waals surface area contributed by atoms with E-state index in [1.807, 2.05) is 0 Å². The number of carboxylic acid groups (broad SMARTS) is 1. The Labute approximate surface area is 97.5 Å². The Morgan fingerprint density at radius 3 is 1.90 bits per heavy atom. The Bertz CT molecular complexity index is 105. The smallest absolute Gasteiger partial charge is 0.548 e. The predicted octanol–water partition coefficient (Wildman–Crippen LogP) is -1.61. The van der Waals surface area contributed by atoms with E-state index in [-0.39, 0.29) is 41.6 Å². The van der Waals surface area contributed by atoms with Crippen molar-refractivity contribution in [3.63, 3.8) is 0 Å². The third-order valence-corrected chi connectivity index (χ3v) is 7.94. The number of hydrogen-bond acceptors (Lipinski definition) is 6. The summed E-state index contributed by atoms with van der Waals surface area (Å²) in [6.07, 6.45) is 0. The fourth-order valence-electron chi connectivity index (χ4n) is 0.198. The van der Waals surface area contributed by atoms with Crippen LogP contribution in [-0.4, -0.2) is 10.6 Å². The third-order valence-electron chi connectivity index (χ3n) is 0.474. The maximum Gasteiger partial charge on any atom is 1.00 e. The molecule has 0 aromatic rings. The van der Waals surface area contributed by atoms with Crippen molar-refractivity contribution in [1.29, 1.82) is 0 Å². The standard InChI is InChI=1S/C2H2O2S4.CH4.Na/c3-1(4)2-5-7-8-6-2;;/h2H,(H,3,4);1H4;/q;;+1/p-1. The molecule has 2 nitrogen and oxygen atoms in total. The molecular formula is C3H5NaO2S4. The molecule has 0 spiro atoms. The van der Waals surface area contributed by atoms with Gasteiger partial charge in [-0.3, -0.25) is 0 Å². The van der Waals surface area contributed by atoms with Crippen LogP contribution in [0, 0.1) is 0 Å². The summed E-state index contributed by atoms with van der Waals surface area (Å²) in [6.45, 7) is 0. The molecule has 0 radical (unpaired) electrons. The Kier molecular flexibility index (Phi) is 10.8. The van der Waals surface area contributed by atoms with Gasteiger partial charge in [0.1, 0.15) is 4.58 Å². The van der Waals surface area contributed by atoms with Crippen molar-refractivity contribution in [2.45, 2.75) is 12.0 Å². The topological polar surface area (TPSA) is 40.1 Å². The van der Waals surface area contributed by atoms with E-state index in [1.165, 1.54) is 41.2 Å². The van der Waals surface area contributed by atoms with E-state index in [0.717, 1.165) is 0 Å². The van der Waals surface area contributed by atoms with Gasteiger partial charge in [0.15, 0.2) is 0 Å². The number of aliphatic carboxylic acids is 1. The van der Waals surface area contributed by atoms with Crippen molar-refractivity contribution >= 4 is 47.2 Å². The first kappa shape index (κ1) is 14.4. The summed E-state index contributed by atoms with van der Waals surface area (Å²) in [4.78, 5) is 10.0. The van der Waals surface area contributed by atoms with E-state index in [1.54, 1.807) is 0 Å². The quantitative estimate of drug-likeness (QED) is 0.394. The Hall–Kier alpha value is 1.87. The molecule has 1 heterocycles. The second-order valence-corrected chi connectivity index (χ2v) is 7.30. The monoisotopic (exact) mass is 224 g/mol. The van der Waals surface area contributed by atoms with Crippen molar-refractivity contribution in [3.8, 4) is 0 Å². The summed E-state index contributed by atoms with van der Waals surface area (Å²) >= 11 is 0. The number of carbonyl (C=O) groups excluding carboxylic acids is 1.